The Balaban J connectivity index is 0. The van der Waals surface area contributed by atoms with E-state index in [-0.39, 0.29) is 23.0 Å². The van der Waals surface area contributed by atoms with Gasteiger partial charge in [0.25, 0.3) is 0 Å². The molecule has 0 aromatic carbocycles. The summed E-state index contributed by atoms with van der Waals surface area (Å²) >= 11 is 0. The van der Waals surface area contributed by atoms with Crippen LogP contribution in [0.25, 0.3) is 0 Å². The lowest BCUT2D eigenvalue weighted by atomic mass is 10.1. The van der Waals surface area contributed by atoms with E-state index >= 15 is 0 Å². The van der Waals surface area contributed by atoms with E-state index in [4.69, 9.17) is 4.74 Å². The maximum atomic E-state index is 11.1. The largest absolute Gasteiger partial charge is 1.00 e. The molecule has 1 unspecified atom stereocenters. The van der Waals surface area contributed by atoms with Crippen LogP contribution in [0.1, 0.15) is 85.0 Å². The van der Waals surface area contributed by atoms with Crippen LogP contribution in [0.4, 0.5) is 0 Å². The summed E-state index contributed by atoms with van der Waals surface area (Å²) in [5.74, 6) is -0.313. The van der Waals surface area contributed by atoms with E-state index in [2.05, 4.69) is 27.4 Å². The topological polar surface area (TPSA) is 30.7 Å². The number of esters is 1. The molecule has 4 heteroatoms. The average molecular weight is 406 g/mol. The second-order valence-electron chi connectivity index (χ2n) is 6.87. The molecular weight excluding hydrogens is 366 g/mol. The molecule has 0 radical (unpaired) electrons. The van der Waals surface area contributed by atoms with Crippen LogP contribution in [-0.4, -0.2) is 31.7 Å². The molecule has 144 valence electrons. The highest BCUT2D eigenvalue weighted by molar-refractivity contribution is 5.81. The van der Waals surface area contributed by atoms with Gasteiger partial charge in [-0.25, -0.2) is 4.79 Å². The molecule has 0 aromatic heterocycles. The van der Waals surface area contributed by atoms with Gasteiger partial charge in [0.15, 0.2) is 0 Å². The number of hydrogen-bond donors (Lipinski definition) is 1. The predicted molar refractivity (Wildman–Crippen MR) is 98.8 cm³/mol. The summed E-state index contributed by atoms with van der Waals surface area (Å²) in [5, 5.41) is 0. The molecule has 3 nitrogen and oxygen atoms in total. The van der Waals surface area contributed by atoms with Crippen molar-refractivity contribution in [3.8, 4) is 0 Å². The van der Waals surface area contributed by atoms with Crippen LogP contribution in [0.2, 0.25) is 0 Å². The Hall–Kier alpha value is -0.350. The number of carbonyl (C=O) groups is 1. The lowest BCUT2D eigenvalue weighted by Gasteiger charge is -2.23. The van der Waals surface area contributed by atoms with Gasteiger partial charge in [-0.1, -0.05) is 64.9 Å². The van der Waals surface area contributed by atoms with Gasteiger partial charge in [0.1, 0.15) is 13.2 Å². The molecule has 0 heterocycles. The van der Waals surface area contributed by atoms with Crippen LogP contribution in [0.5, 0.6) is 0 Å². The minimum absolute atomic E-state index is 0. The van der Waals surface area contributed by atoms with Gasteiger partial charge < -0.3 is 26.6 Å². The van der Waals surface area contributed by atoms with Crippen molar-refractivity contribution in [2.75, 3.05) is 19.7 Å². The van der Waals surface area contributed by atoms with Crippen molar-refractivity contribution in [2.45, 2.75) is 91.0 Å². The molecule has 1 atom stereocenters. The number of carbonyl (C=O) groups excluding carboxylic acids is 1. The summed E-state index contributed by atoms with van der Waals surface area (Å²) in [6, 6.07) is 0.580. The van der Waals surface area contributed by atoms with Gasteiger partial charge >= 0.3 is 5.97 Å². The van der Waals surface area contributed by atoms with Gasteiger partial charge in [-0.15, -0.1) is 0 Å². The van der Waals surface area contributed by atoms with E-state index in [1.807, 2.05) is 0 Å². The first-order chi connectivity index (χ1) is 11.1. The summed E-state index contributed by atoms with van der Waals surface area (Å²) in [6.45, 7) is 12.7. The molecule has 0 amide bonds. The third-order valence-corrected chi connectivity index (χ3v) is 4.50. The Bertz CT molecular complexity index is 295. The predicted octanol–water partition coefficient (Wildman–Crippen LogP) is 0.934. The highest BCUT2D eigenvalue weighted by Gasteiger charge is 2.13. The molecular formula is C20H40BrNO2. The molecule has 0 rings (SSSR count). The summed E-state index contributed by atoms with van der Waals surface area (Å²) in [5.41, 5.74) is 0. The van der Waals surface area contributed by atoms with Crippen LogP contribution >= 0.6 is 0 Å². The number of quaternary nitrogens is 1. The quantitative estimate of drug-likeness (QED) is 0.235. The fourth-order valence-electron chi connectivity index (χ4n) is 2.88. The normalized spacial score (nSPS) is 11.8. The van der Waals surface area contributed by atoms with Crippen LogP contribution in [0.15, 0.2) is 12.7 Å². The fraction of sp³-hybridized carbons (Fsp3) is 0.850. The zero-order valence-electron chi connectivity index (χ0n) is 16.2. The Kier molecular flexibility index (Phi) is 20.5. The summed E-state index contributed by atoms with van der Waals surface area (Å²) in [4.78, 5) is 12.6. The molecule has 0 aliphatic carbocycles. The Morgan fingerprint density at radius 3 is 1.92 bits per heavy atom. The van der Waals surface area contributed by atoms with Crippen molar-refractivity contribution in [1.82, 2.24) is 0 Å². The Labute approximate surface area is 161 Å². The lowest BCUT2D eigenvalue weighted by Crippen LogP contribution is -3.15. The monoisotopic (exact) mass is 405 g/mol. The minimum atomic E-state index is -0.313. The van der Waals surface area contributed by atoms with Crippen LogP contribution in [-0.2, 0) is 9.53 Å². The van der Waals surface area contributed by atoms with Gasteiger partial charge in [0.2, 0.25) is 0 Å². The number of unbranched alkanes of at least 4 members (excludes halogenated alkanes) is 9. The molecule has 0 spiro atoms. The van der Waals surface area contributed by atoms with Crippen molar-refractivity contribution < 1.29 is 31.4 Å². The van der Waals surface area contributed by atoms with Crippen molar-refractivity contribution in [1.29, 1.82) is 0 Å². The van der Waals surface area contributed by atoms with E-state index in [9.17, 15) is 4.79 Å². The zero-order valence-corrected chi connectivity index (χ0v) is 17.8. The highest BCUT2D eigenvalue weighted by atomic mass is 79.9. The minimum Gasteiger partial charge on any atom is -1.00 e. The second kappa shape index (κ2) is 19.0. The molecule has 0 aliphatic heterocycles. The number of ether oxygens (including phenoxy) is 1. The molecule has 24 heavy (non-hydrogen) atoms. The van der Waals surface area contributed by atoms with E-state index in [0.717, 1.165) is 6.54 Å². The highest BCUT2D eigenvalue weighted by Crippen LogP contribution is 2.10. The number of nitrogens with one attached hydrogen (secondary N) is 1. The van der Waals surface area contributed by atoms with Crippen LogP contribution in [0, 0.1) is 0 Å². The van der Waals surface area contributed by atoms with Crippen molar-refractivity contribution in [3.05, 3.63) is 12.7 Å². The van der Waals surface area contributed by atoms with Crippen molar-refractivity contribution >= 4 is 5.97 Å². The Morgan fingerprint density at radius 1 is 0.958 bits per heavy atom. The maximum Gasteiger partial charge on any atom is 0.330 e. The van der Waals surface area contributed by atoms with Gasteiger partial charge in [0, 0.05) is 6.08 Å². The maximum absolute atomic E-state index is 11.1. The first-order valence-electron chi connectivity index (χ1n) is 9.75. The lowest BCUT2D eigenvalue weighted by molar-refractivity contribution is -0.921. The summed E-state index contributed by atoms with van der Waals surface area (Å²) in [6.07, 6.45) is 15.0. The molecule has 0 bridgehead atoms. The van der Waals surface area contributed by atoms with E-state index in [1.54, 1.807) is 0 Å². The number of hydrogen-bond acceptors (Lipinski definition) is 2. The van der Waals surface area contributed by atoms with Gasteiger partial charge in [0.05, 0.1) is 12.6 Å². The second-order valence-corrected chi connectivity index (χ2v) is 6.87. The van der Waals surface area contributed by atoms with E-state index in [1.165, 1.54) is 81.7 Å². The first-order valence-corrected chi connectivity index (χ1v) is 9.75. The Morgan fingerprint density at radius 2 is 1.46 bits per heavy atom. The standard InChI is InChI=1S/C20H39NO2.BrH/c1-5-7-8-9-10-11-12-13-14-15-16-21(19(3)4)17-18-23-20(22)6-2;/h6,19H,2,5,7-18H2,1,3-4H3;1H. The van der Waals surface area contributed by atoms with Crippen LogP contribution in [0.3, 0.4) is 0 Å². The molecule has 0 saturated carbocycles. The van der Waals surface area contributed by atoms with Gasteiger partial charge in [-0.05, 0) is 26.7 Å². The zero-order chi connectivity index (χ0) is 17.3. The SMILES string of the molecule is C=CC(=O)OCC[NH+](CCCCCCCCCCCC)C(C)C.[Br-]. The molecule has 1 N–H and O–H groups in total. The van der Waals surface area contributed by atoms with Crippen LogP contribution < -0.4 is 21.9 Å². The first kappa shape index (κ1) is 25.9. The molecule has 0 aromatic rings. The molecule has 0 saturated heterocycles. The average Bonchev–Trinajstić information content (AvgIpc) is 2.54. The van der Waals surface area contributed by atoms with Crippen molar-refractivity contribution in [3.63, 3.8) is 0 Å². The van der Waals surface area contributed by atoms with Crippen molar-refractivity contribution in [2.24, 2.45) is 0 Å². The van der Waals surface area contributed by atoms with Gasteiger partial charge in [-0.2, -0.15) is 0 Å². The van der Waals surface area contributed by atoms with E-state index in [0.29, 0.717) is 12.6 Å². The summed E-state index contributed by atoms with van der Waals surface area (Å²) < 4.78 is 5.09. The van der Waals surface area contributed by atoms with E-state index < -0.39 is 0 Å². The molecule has 0 aliphatic rings. The number of halogens is 1. The number of rotatable bonds is 16. The van der Waals surface area contributed by atoms with Gasteiger partial charge in [-0.3, -0.25) is 0 Å². The fourth-order valence-corrected chi connectivity index (χ4v) is 2.88. The third-order valence-electron chi connectivity index (χ3n) is 4.50. The smallest absolute Gasteiger partial charge is 0.330 e. The summed E-state index contributed by atoms with van der Waals surface area (Å²) in [7, 11) is 0. The third kappa shape index (κ3) is 16.5. The molecule has 0 fully saturated rings.